The lowest BCUT2D eigenvalue weighted by Gasteiger charge is -2.01. The highest BCUT2D eigenvalue weighted by Crippen LogP contribution is 1.99. The lowest BCUT2D eigenvalue weighted by Crippen LogP contribution is -2.36. The van der Waals surface area contributed by atoms with E-state index in [4.69, 9.17) is 5.11 Å². The molecule has 0 aromatic carbocycles. The molecular weight excluding hydrogens is 252 g/mol. The summed E-state index contributed by atoms with van der Waals surface area (Å²) in [5.41, 5.74) is 0. The van der Waals surface area contributed by atoms with Crippen LogP contribution in [0.15, 0.2) is 24.8 Å². The van der Waals surface area contributed by atoms with Crippen molar-refractivity contribution in [3.8, 4) is 0 Å². The van der Waals surface area contributed by atoms with E-state index in [2.05, 4.69) is 64.0 Å². The summed E-state index contributed by atoms with van der Waals surface area (Å²) >= 11 is 0. The zero-order valence-electron chi connectivity index (χ0n) is 12.8. The Morgan fingerprint density at radius 2 is 1.65 bits per heavy atom. The first-order chi connectivity index (χ1) is 9.63. The maximum atomic E-state index is 8.90. The van der Waals surface area contributed by atoms with E-state index in [9.17, 15) is 0 Å². The summed E-state index contributed by atoms with van der Waals surface area (Å²) in [6.07, 6.45) is 10.4. The first kappa shape index (κ1) is 14.8. The average Bonchev–Trinajstić information content (AvgIpc) is 2.94. The smallest absolute Gasteiger partial charge is 0.253 e. The Hall–Kier alpha value is -1.62. The van der Waals surface area contributed by atoms with Crippen molar-refractivity contribution in [2.75, 3.05) is 6.61 Å². The largest absolute Gasteiger partial charge is 0.396 e. The molecule has 0 aliphatic carbocycles. The molecular formula is C15H26N4O+2. The molecule has 0 aliphatic rings. The van der Waals surface area contributed by atoms with E-state index >= 15 is 0 Å². The van der Waals surface area contributed by atoms with Crippen LogP contribution >= 0.6 is 0 Å². The fraction of sp³-hybridized carbons (Fsp3) is 0.600. The van der Waals surface area contributed by atoms with Crippen molar-refractivity contribution in [3.63, 3.8) is 0 Å². The number of aromatic nitrogens is 4. The van der Waals surface area contributed by atoms with Gasteiger partial charge in [-0.1, -0.05) is 0 Å². The zero-order valence-corrected chi connectivity index (χ0v) is 12.8. The minimum Gasteiger partial charge on any atom is -0.396 e. The van der Waals surface area contributed by atoms with Crippen LogP contribution in [0.5, 0.6) is 0 Å². The van der Waals surface area contributed by atoms with Gasteiger partial charge in [0.1, 0.15) is 24.8 Å². The average molecular weight is 278 g/mol. The van der Waals surface area contributed by atoms with E-state index < -0.39 is 0 Å². The molecule has 0 saturated heterocycles. The standard InChI is InChI=1S/C15H26N4O/c1-14-16(3)9-10-17(14)6-4-7-18-11-12-19(15(18)2)8-5-13-20/h9-12,20H,4-8,13H2,1-3H3/q+2. The van der Waals surface area contributed by atoms with Crippen molar-refractivity contribution in [2.24, 2.45) is 7.05 Å². The van der Waals surface area contributed by atoms with Gasteiger partial charge in [0.15, 0.2) is 0 Å². The van der Waals surface area contributed by atoms with Gasteiger partial charge in [0, 0.05) is 33.3 Å². The van der Waals surface area contributed by atoms with Crippen molar-refractivity contribution in [2.45, 2.75) is 46.3 Å². The Labute approximate surface area is 120 Å². The van der Waals surface area contributed by atoms with Gasteiger partial charge in [-0.15, -0.1) is 0 Å². The first-order valence-corrected chi connectivity index (χ1v) is 7.31. The van der Waals surface area contributed by atoms with Crippen molar-refractivity contribution in [1.29, 1.82) is 0 Å². The molecule has 5 heteroatoms. The first-order valence-electron chi connectivity index (χ1n) is 7.31. The third-order valence-corrected chi connectivity index (χ3v) is 4.01. The van der Waals surface area contributed by atoms with Crippen molar-refractivity contribution in [1.82, 2.24) is 9.13 Å². The molecule has 0 spiro atoms. The highest BCUT2D eigenvalue weighted by atomic mass is 16.3. The van der Waals surface area contributed by atoms with Crippen LogP contribution in [0.3, 0.4) is 0 Å². The number of nitrogens with zero attached hydrogens (tertiary/aromatic N) is 4. The molecule has 0 unspecified atom stereocenters. The normalized spacial score (nSPS) is 11.2. The third kappa shape index (κ3) is 3.28. The van der Waals surface area contributed by atoms with Crippen LogP contribution in [-0.4, -0.2) is 20.8 Å². The number of hydrogen-bond donors (Lipinski definition) is 1. The van der Waals surface area contributed by atoms with Crippen LogP contribution in [0, 0.1) is 13.8 Å². The van der Waals surface area contributed by atoms with Crippen molar-refractivity contribution < 1.29 is 14.2 Å². The molecule has 5 nitrogen and oxygen atoms in total. The van der Waals surface area contributed by atoms with Crippen molar-refractivity contribution in [3.05, 3.63) is 36.4 Å². The summed E-state index contributed by atoms with van der Waals surface area (Å²) in [4.78, 5) is 0. The van der Waals surface area contributed by atoms with Gasteiger partial charge in [0.25, 0.3) is 11.6 Å². The van der Waals surface area contributed by atoms with Gasteiger partial charge in [-0.05, 0) is 0 Å². The van der Waals surface area contributed by atoms with E-state index in [1.165, 1.54) is 11.6 Å². The molecule has 2 aromatic heterocycles. The van der Waals surface area contributed by atoms with Crippen molar-refractivity contribution >= 4 is 0 Å². The molecule has 0 bridgehead atoms. The second-order valence-electron chi connectivity index (χ2n) is 5.31. The number of aliphatic hydroxyl groups excluding tert-OH is 1. The Morgan fingerprint density at radius 3 is 2.30 bits per heavy atom. The molecule has 0 aliphatic heterocycles. The molecule has 0 fully saturated rings. The van der Waals surface area contributed by atoms with Gasteiger partial charge in [-0.2, -0.15) is 0 Å². The summed E-state index contributed by atoms with van der Waals surface area (Å²) in [5.74, 6) is 2.54. The highest BCUT2D eigenvalue weighted by Gasteiger charge is 2.13. The Morgan fingerprint density at radius 1 is 1.00 bits per heavy atom. The summed E-state index contributed by atoms with van der Waals surface area (Å²) in [6.45, 7) is 7.49. The summed E-state index contributed by atoms with van der Waals surface area (Å²) in [5, 5.41) is 8.90. The second-order valence-corrected chi connectivity index (χ2v) is 5.31. The van der Waals surface area contributed by atoms with E-state index in [1.807, 2.05) is 0 Å². The topological polar surface area (TPSA) is 37.9 Å². The number of aliphatic hydroxyl groups is 1. The quantitative estimate of drug-likeness (QED) is 0.736. The molecule has 0 radical (unpaired) electrons. The van der Waals surface area contributed by atoms with Gasteiger partial charge in [-0.3, -0.25) is 0 Å². The summed E-state index contributed by atoms with van der Waals surface area (Å²) < 4.78 is 8.93. The Balaban J connectivity index is 1.88. The molecule has 110 valence electrons. The number of rotatable bonds is 7. The van der Waals surface area contributed by atoms with Gasteiger partial charge in [0.05, 0.1) is 26.7 Å². The molecule has 0 saturated carbocycles. The van der Waals surface area contributed by atoms with Crippen LogP contribution in [0.25, 0.3) is 0 Å². The molecule has 2 aromatic rings. The molecule has 2 heterocycles. The predicted molar refractivity (Wildman–Crippen MR) is 76.0 cm³/mol. The SMILES string of the molecule is Cc1n(CCC[n+]2ccn(CCCO)c2C)cc[n+]1C. The zero-order chi connectivity index (χ0) is 14.5. The second kappa shape index (κ2) is 6.70. The van der Waals surface area contributed by atoms with Gasteiger partial charge in [-0.25, -0.2) is 18.3 Å². The maximum Gasteiger partial charge on any atom is 0.253 e. The van der Waals surface area contributed by atoms with Crippen LogP contribution in [-0.2, 0) is 26.7 Å². The fourth-order valence-electron chi connectivity index (χ4n) is 2.50. The van der Waals surface area contributed by atoms with Crippen LogP contribution in [0.4, 0.5) is 0 Å². The number of imidazole rings is 2. The lowest BCUT2D eigenvalue weighted by atomic mass is 10.4. The predicted octanol–water partition coefficient (Wildman–Crippen LogP) is 0.491. The minimum absolute atomic E-state index is 0.252. The third-order valence-electron chi connectivity index (χ3n) is 4.01. The number of aryl methyl sites for hydroxylation is 4. The minimum atomic E-state index is 0.252. The van der Waals surface area contributed by atoms with E-state index in [0.29, 0.717) is 0 Å². The summed E-state index contributed by atoms with van der Waals surface area (Å²) in [6, 6.07) is 0. The van der Waals surface area contributed by atoms with Gasteiger partial charge >= 0.3 is 0 Å². The van der Waals surface area contributed by atoms with Crippen LogP contribution < -0.4 is 9.13 Å². The highest BCUT2D eigenvalue weighted by molar-refractivity contribution is 4.80. The molecule has 2 rings (SSSR count). The number of hydrogen-bond acceptors (Lipinski definition) is 1. The monoisotopic (exact) mass is 278 g/mol. The van der Waals surface area contributed by atoms with Crippen LogP contribution in [0.1, 0.15) is 24.5 Å². The Bertz CT molecular complexity index is 556. The summed E-state index contributed by atoms with van der Waals surface area (Å²) in [7, 11) is 2.08. The fourth-order valence-corrected chi connectivity index (χ4v) is 2.50. The lowest BCUT2D eigenvalue weighted by molar-refractivity contribution is -0.703. The molecule has 20 heavy (non-hydrogen) atoms. The van der Waals surface area contributed by atoms with E-state index in [-0.39, 0.29) is 6.61 Å². The van der Waals surface area contributed by atoms with Gasteiger partial charge < -0.3 is 5.11 Å². The van der Waals surface area contributed by atoms with Crippen LogP contribution in [0.2, 0.25) is 0 Å². The van der Waals surface area contributed by atoms with E-state index in [0.717, 1.165) is 32.5 Å². The molecule has 0 atom stereocenters. The van der Waals surface area contributed by atoms with Gasteiger partial charge in [0.2, 0.25) is 0 Å². The Kier molecular flexibility index (Phi) is 4.95. The molecule has 1 N–H and O–H groups in total. The van der Waals surface area contributed by atoms with E-state index in [1.54, 1.807) is 0 Å². The maximum absolute atomic E-state index is 8.90. The molecule has 0 amide bonds.